The summed E-state index contributed by atoms with van der Waals surface area (Å²) in [5, 5.41) is 12.8. The summed E-state index contributed by atoms with van der Waals surface area (Å²) in [6.45, 7) is 3.50. The van der Waals surface area contributed by atoms with Gasteiger partial charge in [0.2, 0.25) is 0 Å². The fraction of sp³-hybridized carbons (Fsp3) is 0.227. The van der Waals surface area contributed by atoms with Crippen LogP contribution >= 0.6 is 34.5 Å². The molecule has 1 aromatic heterocycles. The summed E-state index contributed by atoms with van der Waals surface area (Å²) < 4.78 is 35.6. The van der Waals surface area contributed by atoms with Crippen LogP contribution in [0.15, 0.2) is 52.7 Å². The highest BCUT2D eigenvalue weighted by molar-refractivity contribution is 7.94. The Balaban J connectivity index is 1.66. The molecule has 2 N–H and O–H groups in total. The Morgan fingerprint density at radius 1 is 1.22 bits per heavy atom. The van der Waals surface area contributed by atoms with Crippen LogP contribution in [0.25, 0.3) is 11.1 Å². The maximum Gasteiger partial charge on any atom is 0.272 e. The van der Waals surface area contributed by atoms with Gasteiger partial charge in [-0.3, -0.25) is 4.72 Å². The second kappa shape index (κ2) is 8.93. The van der Waals surface area contributed by atoms with Crippen molar-refractivity contribution in [3.05, 3.63) is 63.5 Å². The van der Waals surface area contributed by atoms with Crippen LogP contribution in [0.2, 0.25) is 9.36 Å². The van der Waals surface area contributed by atoms with E-state index in [0.717, 1.165) is 24.3 Å². The van der Waals surface area contributed by atoms with Crippen LogP contribution in [0.5, 0.6) is 5.75 Å². The summed E-state index contributed by atoms with van der Waals surface area (Å²) >= 11 is 13.4. The van der Waals surface area contributed by atoms with Crippen molar-refractivity contribution in [1.29, 1.82) is 5.26 Å². The van der Waals surface area contributed by atoms with E-state index < -0.39 is 15.6 Å². The second-order valence-corrected chi connectivity index (χ2v) is 11.6. The number of halogens is 2. The Morgan fingerprint density at radius 2 is 2.03 bits per heavy atom. The lowest BCUT2D eigenvalue weighted by Crippen LogP contribution is -2.34. The average molecular weight is 508 g/mol. The minimum Gasteiger partial charge on any atom is -0.485 e. The summed E-state index contributed by atoms with van der Waals surface area (Å²) in [6, 6.07) is 15.1. The van der Waals surface area contributed by atoms with Crippen molar-refractivity contribution >= 4 is 50.2 Å². The Morgan fingerprint density at radius 3 is 2.75 bits per heavy atom. The summed E-state index contributed by atoms with van der Waals surface area (Å²) in [4.78, 5) is 0. The fourth-order valence-electron chi connectivity index (χ4n) is 3.50. The molecule has 0 spiro atoms. The fourth-order valence-corrected chi connectivity index (χ4v) is 6.60. The van der Waals surface area contributed by atoms with Crippen LogP contribution in [-0.4, -0.2) is 27.1 Å². The molecule has 2 heterocycles. The van der Waals surface area contributed by atoms with Crippen molar-refractivity contribution in [2.24, 2.45) is 0 Å². The minimum absolute atomic E-state index is 0.0574. The molecule has 1 aliphatic rings. The number of hydrogen-bond acceptors (Lipinski definition) is 6. The smallest absolute Gasteiger partial charge is 0.272 e. The monoisotopic (exact) mass is 507 g/mol. The highest BCUT2D eigenvalue weighted by Crippen LogP contribution is 2.39. The molecule has 1 saturated heterocycles. The lowest BCUT2D eigenvalue weighted by atomic mass is 10.1. The number of nitrogens with one attached hydrogen (secondary N) is 2. The van der Waals surface area contributed by atoms with Crippen molar-refractivity contribution in [3.63, 3.8) is 0 Å². The summed E-state index contributed by atoms with van der Waals surface area (Å²) in [5.41, 5.74) is 1.35. The number of rotatable bonds is 6. The minimum atomic E-state index is -3.97. The molecule has 1 aliphatic heterocycles. The number of benzene rings is 2. The first-order valence-electron chi connectivity index (χ1n) is 9.71. The molecule has 2 aromatic carbocycles. The molecular weight excluding hydrogens is 489 g/mol. The molecule has 3 aromatic rings. The molecule has 10 heteroatoms. The van der Waals surface area contributed by atoms with Crippen LogP contribution in [0.3, 0.4) is 0 Å². The highest BCUT2D eigenvalue weighted by atomic mass is 35.5. The molecule has 0 bridgehead atoms. The predicted molar refractivity (Wildman–Crippen MR) is 128 cm³/mol. The summed E-state index contributed by atoms with van der Waals surface area (Å²) in [5.74, 6) is 0.407. The van der Waals surface area contributed by atoms with Crippen LogP contribution in [0.4, 0.5) is 5.69 Å². The number of nitriles is 1. The molecule has 1 fully saturated rings. The van der Waals surface area contributed by atoms with E-state index >= 15 is 0 Å². The third-order valence-electron chi connectivity index (χ3n) is 5.08. The van der Waals surface area contributed by atoms with Gasteiger partial charge in [0.15, 0.2) is 0 Å². The van der Waals surface area contributed by atoms with E-state index in [1.165, 1.54) is 0 Å². The van der Waals surface area contributed by atoms with Gasteiger partial charge in [-0.1, -0.05) is 35.3 Å². The quantitative estimate of drug-likeness (QED) is 0.457. The van der Waals surface area contributed by atoms with Gasteiger partial charge >= 0.3 is 0 Å². The molecule has 0 unspecified atom stereocenters. The SMILES string of the molecule is C[C@@]1(Oc2cc(NS(=O)(=O)c3sc(Cl)cc3-c3cccc(C#N)c3)ccc2Cl)CCNC1. The number of ether oxygens (including phenoxy) is 1. The van der Waals surface area contributed by atoms with Crippen LogP contribution in [-0.2, 0) is 10.0 Å². The van der Waals surface area contributed by atoms with Crippen LogP contribution in [0.1, 0.15) is 18.9 Å². The number of thiophene rings is 1. The maximum absolute atomic E-state index is 13.3. The molecule has 0 radical (unpaired) electrons. The van der Waals surface area contributed by atoms with E-state index in [2.05, 4.69) is 16.1 Å². The van der Waals surface area contributed by atoms with Gasteiger partial charge in [0.1, 0.15) is 15.6 Å². The topological polar surface area (TPSA) is 91.2 Å². The first-order chi connectivity index (χ1) is 15.2. The molecule has 4 rings (SSSR count). The number of nitrogens with zero attached hydrogens (tertiary/aromatic N) is 1. The average Bonchev–Trinajstić information content (AvgIpc) is 3.36. The van der Waals surface area contributed by atoms with Crippen molar-refractivity contribution < 1.29 is 13.2 Å². The third-order valence-corrected chi connectivity index (χ3v) is 8.58. The molecule has 6 nitrogen and oxygen atoms in total. The van der Waals surface area contributed by atoms with Crippen molar-refractivity contribution in [1.82, 2.24) is 5.32 Å². The zero-order valence-electron chi connectivity index (χ0n) is 17.0. The van der Waals surface area contributed by atoms with Crippen molar-refractivity contribution in [2.45, 2.75) is 23.2 Å². The van der Waals surface area contributed by atoms with E-state index in [1.807, 2.05) is 6.92 Å². The van der Waals surface area contributed by atoms with Gasteiger partial charge in [0.25, 0.3) is 10.0 Å². The van der Waals surface area contributed by atoms with Gasteiger partial charge in [-0.25, -0.2) is 8.42 Å². The Kier molecular flexibility index (Phi) is 6.39. The van der Waals surface area contributed by atoms with Crippen LogP contribution in [0, 0.1) is 11.3 Å². The first kappa shape index (κ1) is 22.9. The summed E-state index contributed by atoms with van der Waals surface area (Å²) in [7, 11) is -3.97. The standard InChI is InChI=1S/C22H19Cl2N3O3S2/c1-22(7-8-26-13-22)30-19-10-16(5-6-18(19)23)27-32(28,29)21-17(11-20(24)31-21)15-4-2-3-14(9-15)12-25/h2-6,9-11,26-27H,7-8,13H2,1H3/t22-/m1/s1. The third kappa shape index (κ3) is 4.87. The predicted octanol–water partition coefficient (Wildman–Crippen LogP) is 5.53. The van der Waals surface area contributed by atoms with Gasteiger partial charge in [0.05, 0.1) is 26.7 Å². The number of sulfonamides is 1. The Labute approximate surface area is 200 Å². The maximum atomic E-state index is 13.3. The largest absolute Gasteiger partial charge is 0.485 e. The Hall–Kier alpha value is -2.28. The lowest BCUT2D eigenvalue weighted by Gasteiger charge is -2.25. The molecule has 1 atom stereocenters. The van der Waals surface area contributed by atoms with Gasteiger partial charge < -0.3 is 10.1 Å². The number of hydrogen-bond donors (Lipinski definition) is 2. The van der Waals surface area contributed by atoms with Gasteiger partial charge in [-0.05, 0) is 49.4 Å². The zero-order valence-corrected chi connectivity index (χ0v) is 20.1. The molecule has 32 heavy (non-hydrogen) atoms. The van der Waals surface area contributed by atoms with E-state index in [9.17, 15) is 13.7 Å². The number of anilines is 1. The summed E-state index contributed by atoms with van der Waals surface area (Å²) in [6.07, 6.45) is 0.818. The molecule has 166 valence electrons. The van der Waals surface area contributed by atoms with Gasteiger partial charge in [-0.15, -0.1) is 11.3 Å². The van der Waals surface area contributed by atoms with E-state index in [0.29, 0.717) is 44.0 Å². The van der Waals surface area contributed by atoms with Gasteiger partial charge in [0, 0.05) is 24.6 Å². The zero-order chi connectivity index (χ0) is 22.9. The second-order valence-electron chi connectivity index (χ2n) is 7.67. The van der Waals surface area contributed by atoms with E-state index in [1.54, 1.807) is 48.5 Å². The molecular formula is C22H19Cl2N3O3S2. The molecule has 0 saturated carbocycles. The molecule has 0 aliphatic carbocycles. The Bertz CT molecular complexity index is 1310. The van der Waals surface area contributed by atoms with Gasteiger partial charge in [-0.2, -0.15) is 5.26 Å². The highest BCUT2D eigenvalue weighted by Gasteiger charge is 2.31. The normalized spacial score (nSPS) is 18.3. The van der Waals surface area contributed by atoms with E-state index in [4.69, 9.17) is 27.9 Å². The van der Waals surface area contributed by atoms with E-state index in [-0.39, 0.29) is 4.21 Å². The molecule has 0 amide bonds. The first-order valence-corrected chi connectivity index (χ1v) is 12.8. The van der Waals surface area contributed by atoms with Crippen molar-refractivity contribution in [3.8, 4) is 22.9 Å². The lowest BCUT2D eigenvalue weighted by molar-refractivity contribution is 0.111. The van der Waals surface area contributed by atoms with Crippen LogP contribution < -0.4 is 14.8 Å². The van der Waals surface area contributed by atoms with Crippen molar-refractivity contribution in [2.75, 3.05) is 17.8 Å².